The summed E-state index contributed by atoms with van der Waals surface area (Å²) in [6.07, 6.45) is 67.3. The first-order chi connectivity index (χ1) is 32.0. The number of hydrogen-bond donors (Lipinski definition) is 3. The molecule has 382 valence electrons. The molecule has 2 atom stereocenters. The number of amides is 1. The number of esters is 1. The number of carbonyl (C=O) groups is 2. The van der Waals surface area contributed by atoms with E-state index >= 15 is 0 Å². The van der Waals surface area contributed by atoms with Gasteiger partial charge < -0.3 is 20.3 Å². The Bertz CT molecular complexity index is 1060. The number of unbranched alkanes of at least 4 members (excludes halogenated alkanes) is 38. The third-order valence-electron chi connectivity index (χ3n) is 13.1. The lowest BCUT2D eigenvalue weighted by Gasteiger charge is -2.19. The van der Waals surface area contributed by atoms with Crippen LogP contribution in [0.5, 0.6) is 0 Å². The number of allylic oxidation sites excluding steroid dienone is 5. The Morgan fingerprint density at radius 2 is 0.723 bits per heavy atom. The highest BCUT2D eigenvalue weighted by Crippen LogP contribution is 2.16. The van der Waals surface area contributed by atoms with E-state index in [1.54, 1.807) is 6.08 Å². The average molecular weight is 915 g/mol. The molecule has 2 unspecified atom stereocenters. The molecule has 0 rings (SSSR count). The smallest absolute Gasteiger partial charge is 0.305 e. The summed E-state index contributed by atoms with van der Waals surface area (Å²) in [5.74, 6) is -0.114. The second-order valence-electron chi connectivity index (χ2n) is 19.6. The molecule has 6 nitrogen and oxygen atoms in total. The average Bonchev–Trinajstić information content (AvgIpc) is 3.31. The van der Waals surface area contributed by atoms with Crippen molar-refractivity contribution in [3.63, 3.8) is 0 Å². The van der Waals surface area contributed by atoms with Crippen molar-refractivity contribution in [2.75, 3.05) is 13.2 Å². The number of aliphatic hydroxyl groups excluding tert-OH is 2. The molecule has 0 saturated carbocycles. The van der Waals surface area contributed by atoms with Crippen LogP contribution in [-0.2, 0) is 14.3 Å². The number of nitrogens with one attached hydrogen (secondary N) is 1. The van der Waals surface area contributed by atoms with Gasteiger partial charge in [0.25, 0.3) is 0 Å². The van der Waals surface area contributed by atoms with Crippen LogP contribution >= 0.6 is 0 Å². The van der Waals surface area contributed by atoms with E-state index in [1.807, 2.05) is 6.08 Å². The van der Waals surface area contributed by atoms with Crippen molar-refractivity contribution in [2.45, 2.75) is 315 Å². The number of carbonyl (C=O) groups excluding carboxylic acids is 2. The summed E-state index contributed by atoms with van der Waals surface area (Å²) in [6, 6.07) is -0.649. The molecule has 0 saturated heterocycles. The zero-order valence-electron chi connectivity index (χ0n) is 43.5. The van der Waals surface area contributed by atoms with E-state index in [0.717, 1.165) is 70.6 Å². The van der Waals surface area contributed by atoms with Gasteiger partial charge in [-0.15, -0.1) is 0 Å². The molecule has 0 bridgehead atoms. The second kappa shape index (κ2) is 54.7. The van der Waals surface area contributed by atoms with Gasteiger partial charge >= 0.3 is 5.97 Å². The summed E-state index contributed by atoms with van der Waals surface area (Å²) in [4.78, 5) is 24.5. The summed E-state index contributed by atoms with van der Waals surface area (Å²) >= 11 is 0. The fraction of sp³-hybridized carbons (Fsp3) is 0.864. The van der Waals surface area contributed by atoms with E-state index in [0.29, 0.717) is 19.4 Å². The van der Waals surface area contributed by atoms with Gasteiger partial charge in [-0.05, 0) is 83.5 Å². The monoisotopic (exact) mass is 914 g/mol. The van der Waals surface area contributed by atoms with Gasteiger partial charge in [-0.25, -0.2) is 0 Å². The van der Waals surface area contributed by atoms with E-state index in [2.05, 4.69) is 43.5 Å². The molecule has 0 heterocycles. The van der Waals surface area contributed by atoms with Gasteiger partial charge in [0.05, 0.1) is 25.4 Å². The minimum Gasteiger partial charge on any atom is -0.466 e. The topological polar surface area (TPSA) is 95.9 Å². The SMILES string of the molecule is CCCCCCCCC/C=C\CCCCCCCCCC(=O)OCCCCCCCC/C=C\CCCCCC(=O)NC(CO)C(O)/C=C/CCCCCCCCCCCCCCCCC. The summed E-state index contributed by atoms with van der Waals surface area (Å²) in [5, 5.41) is 23.1. The summed E-state index contributed by atoms with van der Waals surface area (Å²) in [5.41, 5.74) is 0. The van der Waals surface area contributed by atoms with Crippen molar-refractivity contribution < 1.29 is 24.5 Å². The van der Waals surface area contributed by atoms with E-state index in [1.165, 1.54) is 205 Å². The van der Waals surface area contributed by atoms with Crippen LogP contribution in [0.1, 0.15) is 303 Å². The first-order valence-electron chi connectivity index (χ1n) is 28.8. The lowest BCUT2D eigenvalue weighted by atomic mass is 10.0. The molecule has 0 aliphatic carbocycles. The third-order valence-corrected chi connectivity index (χ3v) is 13.1. The maximum absolute atomic E-state index is 12.4. The minimum atomic E-state index is -0.862. The van der Waals surface area contributed by atoms with Crippen molar-refractivity contribution in [1.82, 2.24) is 5.32 Å². The van der Waals surface area contributed by atoms with Gasteiger partial charge in [-0.3, -0.25) is 9.59 Å². The highest BCUT2D eigenvalue weighted by molar-refractivity contribution is 5.76. The summed E-state index contributed by atoms with van der Waals surface area (Å²) < 4.78 is 5.47. The first-order valence-corrected chi connectivity index (χ1v) is 28.8. The Labute approximate surface area is 404 Å². The van der Waals surface area contributed by atoms with Crippen LogP contribution in [0, 0.1) is 0 Å². The minimum absolute atomic E-state index is 0.0170. The van der Waals surface area contributed by atoms with Crippen molar-refractivity contribution in [2.24, 2.45) is 0 Å². The zero-order valence-corrected chi connectivity index (χ0v) is 43.5. The zero-order chi connectivity index (χ0) is 47.2. The fourth-order valence-corrected chi connectivity index (χ4v) is 8.68. The molecule has 0 aromatic carbocycles. The number of aliphatic hydroxyl groups is 2. The molecule has 0 spiro atoms. The number of ether oxygens (including phenoxy) is 1. The molecule has 6 heteroatoms. The summed E-state index contributed by atoms with van der Waals surface area (Å²) in [7, 11) is 0. The largest absolute Gasteiger partial charge is 0.466 e. The molecule has 1 amide bonds. The van der Waals surface area contributed by atoms with Crippen LogP contribution in [0.4, 0.5) is 0 Å². The van der Waals surface area contributed by atoms with Crippen LogP contribution in [0.2, 0.25) is 0 Å². The van der Waals surface area contributed by atoms with Crippen molar-refractivity contribution in [3.05, 3.63) is 36.5 Å². The summed E-state index contributed by atoms with van der Waals surface area (Å²) in [6.45, 7) is 4.87. The van der Waals surface area contributed by atoms with E-state index < -0.39 is 12.1 Å². The van der Waals surface area contributed by atoms with E-state index in [4.69, 9.17) is 4.74 Å². The maximum Gasteiger partial charge on any atom is 0.305 e. The van der Waals surface area contributed by atoms with Crippen molar-refractivity contribution in [3.8, 4) is 0 Å². The molecule has 0 aromatic rings. The molecule has 0 radical (unpaired) electrons. The molecular weight excluding hydrogens is 803 g/mol. The van der Waals surface area contributed by atoms with Gasteiger partial charge in [0.15, 0.2) is 0 Å². The van der Waals surface area contributed by atoms with Crippen molar-refractivity contribution in [1.29, 1.82) is 0 Å². The Morgan fingerprint density at radius 1 is 0.415 bits per heavy atom. The fourth-order valence-electron chi connectivity index (χ4n) is 8.68. The molecule has 0 aromatic heterocycles. The molecule has 65 heavy (non-hydrogen) atoms. The Balaban J connectivity index is 3.52. The lowest BCUT2D eigenvalue weighted by molar-refractivity contribution is -0.143. The van der Waals surface area contributed by atoms with E-state index in [9.17, 15) is 19.8 Å². The number of rotatable bonds is 53. The predicted molar refractivity (Wildman–Crippen MR) is 283 cm³/mol. The van der Waals surface area contributed by atoms with Gasteiger partial charge in [0.1, 0.15) is 0 Å². The van der Waals surface area contributed by atoms with E-state index in [-0.39, 0.29) is 18.5 Å². The highest BCUT2D eigenvalue weighted by atomic mass is 16.5. The van der Waals surface area contributed by atoms with Crippen LogP contribution in [0.3, 0.4) is 0 Å². The quantitative estimate of drug-likeness (QED) is 0.0321. The Kier molecular flexibility index (Phi) is 53.1. The Morgan fingerprint density at radius 3 is 1.11 bits per heavy atom. The lowest BCUT2D eigenvalue weighted by Crippen LogP contribution is -2.45. The number of hydrogen-bond acceptors (Lipinski definition) is 5. The maximum atomic E-state index is 12.4. The van der Waals surface area contributed by atoms with Crippen molar-refractivity contribution >= 4 is 11.9 Å². The van der Waals surface area contributed by atoms with Gasteiger partial charge in [0.2, 0.25) is 5.91 Å². The first kappa shape index (κ1) is 63.1. The van der Waals surface area contributed by atoms with Crippen LogP contribution in [0.15, 0.2) is 36.5 Å². The molecule has 0 aliphatic rings. The van der Waals surface area contributed by atoms with Gasteiger partial charge in [0, 0.05) is 12.8 Å². The second-order valence-corrected chi connectivity index (χ2v) is 19.6. The standard InChI is InChI=1S/C59H111NO5/c1-3-5-7-9-11-13-15-17-19-21-23-25-29-33-37-41-45-49-53-59(64)65-54-50-46-42-38-34-30-26-28-32-36-40-44-48-52-58(63)60-56(55-61)57(62)51-47-43-39-35-31-27-24-22-20-18-16-14-12-10-8-6-4-2/h19,21,28,32,47,51,56-57,61-62H,3-18,20,22-27,29-31,33-46,48-50,52-55H2,1-2H3,(H,60,63)/b21-19-,32-28-,51-47+. The van der Waals surface area contributed by atoms with Gasteiger partial charge in [-0.1, -0.05) is 243 Å². The molecule has 0 aliphatic heterocycles. The van der Waals surface area contributed by atoms with Gasteiger partial charge in [-0.2, -0.15) is 0 Å². The molecule has 0 fully saturated rings. The van der Waals surface area contributed by atoms with Crippen LogP contribution < -0.4 is 5.32 Å². The predicted octanol–water partition coefficient (Wildman–Crippen LogP) is 17.6. The normalized spacial score (nSPS) is 12.9. The Hall–Kier alpha value is -1.92. The van der Waals surface area contributed by atoms with Crippen LogP contribution in [0.25, 0.3) is 0 Å². The molecule has 3 N–H and O–H groups in total. The highest BCUT2D eigenvalue weighted by Gasteiger charge is 2.18. The van der Waals surface area contributed by atoms with Crippen LogP contribution in [-0.4, -0.2) is 47.4 Å². The molecular formula is C59H111NO5. The third kappa shape index (κ3) is 51.3.